The van der Waals surface area contributed by atoms with Gasteiger partial charge in [0.1, 0.15) is 9.39 Å². The molecule has 0 bridgehead atoms. The Labute approximate surface area is 107 Å². The number of ether oxygens (including phenoxy) is 1. The van der Waals surface area contributed by atoms with Crippen LogP contribution < -0.4 is 4.74 Å². The van der Waals surface area contributed by atoms with E-state index in [0.29, 0.717) is 0 Å². The van der Waals surface area contributed by atoms with Crippen molar-refractivity contribution in [1.29, 1.82) is 0 Å². The van der Waals surface area contributed by atoms with E-state index in [4.69, 9.17) is 11.6 Å². The quantitative estimate of drug-likeness (QED) is 0.459. The number of aryl methyl sites for hydroxylation is 1. The lowest BCUT2D eigenvalue weighted by atomic mass is 10.2. The van der Waals surface area contributed by atoms with Crippen LogP contribution in [0.1, 0.15) is 16.1 Å². The largest absolute Gasteiger partial charge is 0.573 e. The topological polar surface area (TPSA) is 39.2 Å². The summed E-state index contributed by atoms with van der Waals surface area (Å²) in [5, 5.41) is -0.834. The van der Waals surface area contributed by atoms with Crippen molar-refractivity contribution >= 4 is 39.4 Å². The van der Waals surface area contributed by atoms with Crippen LogP contribution in [-0.2, 0) is 0 Å². The Bertz CT molecular complexity index is 413. The maximum Gasteiger partial charge on any atom is 0.573 e. The molecule has 88 valence electrons. The molecule has 0 N–H and O–H groups in total. The van der Waals surface area contributed by atoms with Crippen molar-refractivity contribution in [2.75, 3.05) is 0 Å². The van der Waals surface area contributed by atoms with Crippen LogP contribution in [0.4, 0.5) is 13.2 Å². The second-order valence-corrected chi connectivity index (χ2v) is 4.13. The van der Waals surface area contributed by atoms with Crippen LogP contribution in [0.25, 0.3) is 0 Å². The highest BCUT2D eigenvalue weighted by Gasteiger charge is 2.33. The SMILES string of the molecule is Cc1cc(C(=O)Cl)nc(I)c1OC(F)(F)F. The normalized spacial score (nSPS) is 11.4. The van der Waals surface area contributed by atoms with Gasteiger partial charge in [-0.2, -0.15) is 0 Å². The Morgan fingerprint density at radius 3 is 2.50 bits per heavy atom. The number of hydrogen-bond donors (Lipinski definition) is 0. The minimum Gasteiger partial charge on any atom is -0.403 e. The van der Waals surface area contributed by atoms with Gasteiger partial charge in [0, 0.05) is 0 Å². The van der Waals surface area contributed by atoms with Gasteiger partial charge in [0.05, 0.1) is 0 Å². The average molecular weight is 365 g/mol. The second-order valence-electron chi connectivity index (χ2n) is 2.77. The summed E-state index contributed by atoms with van der Waals surface area (Å²) in [5.41, 5.74) is 0.0267. The van der Waals surface area contributed by atoms with Crippen LogP contribution in [0.2, 0.25) is 0 Å². The number of alkyl halides is 3. The van der Waals surface area contributed by atoms with Crippen LogP contribution in [0.15, 0.2) is 6.07 Å². The molecule has 1 aromatic rings. The van der Waals surface area contributed by atoms with Crippen molar-refractivity contribution < 1.29 is 22.7 Å². The summed E-state index contributed by atoms with van der Waals surface area (Å²) in [5.74, 6) is -0.422. The Hall–Kier alpha value is -0.570. The van der Waals surface area contributed by atoms with Crippen molar-refractivity contribution in [3.8, 4) is 5.75 Å². The number of hydrogen-bond acceptors (Lipinski definition) is 3. The molecule has 0 amide bonds. The molecule has 0 aliphatic carbocycles. The predicted octanol–water partition coefficient (Wildman–Crippen LogP) is 3.27. The number of rotatable bonds is 2. The van der Waals surface area contributed by atoms with Gasteiger partial charge in [-0.1, -0.05) is 0 Å². The van der Waals surface area contributed by atoms with Gasteiger partial charge in [0.15, 0.2) is 5.75 Å². The minimum absolute atomic E-state index is 0.0704. The summed E-state index contributed by atoms with van der Waals surface area (Å²) in [6, 6.07) is 1.14. The van der Waals surface area contributed by atoms with Crippen LogP contribution in [0.5, 0.6) is 5.75 Å². The van der Waals surface area contributed by atoms with E-state index >= 15 is 0 Å². The number of pyridine rings is 1. The summed E-state index contributed by atoms with van der Waals surface area (Å²) < 4.78 is 39.7. The second kappa shape index (κ2) is 4.74. The first-order valence-electron chi connectivity index (χ1n) is 3.83. The highest BCUT2D eigenvalue weighted by molar-refractivity contribution is 14.1. The van der Waals surface area contributed by atoms with Gasteiger partial charge in [0.25, 0.3) is 5.24 Å². The van der Waals surface area contributed by atoms with Crippen LogP contribution >= 0.6 is 34.2 Å². The van der Waals surface area contributed by atoms with Gasteiger partial charge in [-0.15, -0.1) is 13.2 Å². The van der Waals surface area contributed by atoms with E-state index in [9.17, 15) is 18.0 Å². The molecule has 0 atom stereocenters. The zero-order chi connectivity index (χ0) is 12.5. The fourth-order valence-corrected chi connectivity index (χ4v) is 1.85. The van der Waals surface area contributed by atoms with Gasteiger partial charge in [-0.3, -0.25) is 4.79 Å². The monoisotopic (exact) mass is 365 g/mol. The molecule has 0 spiro atoms. The van der Waals surface area contributed by atoms with E-state index in [0.717, 1.165) is 6.07 Å². The molecule has 1 aromatic heterocycles. The van der Waals surface area contributed by atoms with E-state index in [1.165, 1.54) is 29.5 Å². The summed E-state index contributed by atoms with van der Waals surface area (Å²) in [4.78, 5) is 14.4. The molecule has 0 unspecified atom stereocenters. The lowest BCUT2D eigenvalue weighted by Gasteiger charge is -2.12. The molecular weight excluding hydrogens is 361 g/mol. The standard InChI is InChI=1S/C8H4ClF3INO2/c1-3-2-4(6(9)15)14-7(13)5(3)16-8(10,11)12/h2H,1H3. The minimum atomic E-state index is -4.79. The zero-order valence-electron chi connectivity index (χ0n) is 7.73. The molecule has 1 heterocycles. The molecule has 0 aliphatic heterocycles. The summed E-state index contributed by atoms with van der Waals surface area (Å²) in [6.07, 6.45) is -4.79. The van der Waals surface area contributed by atoms with Crippen molar-refractivity contribution in [1.82, 2.24) is 4.98 Å². The van der Waals surface area contributed by atoms with E-state index < -0.39 is 17.4 Å². The van der Waals surface area contributed by atoms with Crippen LogP contribution in [0.3, 0.4) is 0 Å². The van der Waals surface area contributed by atoms with Gasteiger partial charge in [-0.05, 0) is 52.7 Å². The fourth-order valence-electron chi connectivity index (χ4n) is 0.961. The number of carbonyl (C=O) groups excluding carboxylic acids is 1. The lowest BCUT2D eigenvalue weighted by Crippen LogP contribution is -2.19. The Kier molecular flexibility index (Phi) is 4.00. The van der Waals surface area contributed by atoms with Crippen molar-refractivity contribution in [2.45, 2.75) is 13.3 Å². The Morgan fingerprint density at radius 1 is 1.56 bits per heavy atom. The van der Waals surface area contributed by atoms with Gasteiger partial charge < -0.3 is 4.74 Å². The Morgan fingerprint density at radius 2 is 2.12 bits per heavy atom. The highest BCUT2D eigenvalue weighted by Crippen LogP contribution is 2.30. The molecule has 1 rings (SSSR count). The van der Waals surface area contributed by atoms with Crippen molar-refractivity contribution in [3.63, 3.8) is 0 Å². The highest BCUT2D eigenvalue weighted by atomic mass is 127. The molecule has 3 nitrogen and oxygen atoms in total. The first kappa shape index (κ1) is 13.5. The number of nitrogens with zero attached hydrogens (tertiary/aromatic N) is 1. The third kappa shape index (κ3) is 3.48. The Balaban J connectivity index is 3.18. The molecule has 0 fully saturated rings. The number of halogens is 5. The van der Waals surface area contributed by atoms with E-state index in [1.807, 2.05) is 0 Å². The van der Waals surface area contributed by atoms with E-state index in [2.05, 4.69) is 9.72 Å². The molecular formula is C8H4ClF3INO2. The van der Waals surface area contributed by atoms with E-state index in [1.54, 1.807) is 0 Å². The fraction of sp³-hybridized carbons (Fsp3) is 0.250. The number of carbonyl (C=O) groups is 1. The predicted molar refractivity (Wildman–Crippen MR) is 58.6 cm³/mol. The van der Waals surface area contributed by atoms with Crippen molar-refractivity contribution in [2.24, 2.45) is 0 Å². The maximum atomic E-state index is 12.0. The average Bonchev–Trinajstić information content (AvgIpc) is 2.09. The summed E-state index contributed by atoms with van der Waals surface area (Å²) in [7, 11) is 0. The zero-order valence-corrected chi connectivity index (χ0v) is 10.6. The van der Waals surface area contributed by atoms with E-state index in [-0.39, 0.29) is 15.0 Å². The third-order valence-corrected chi connectivity index (χ3v) is 2.46. The van der Waals surface area contributed by atoms with Gasteiger partial charge >= 0.3 is 6.36 Å². The first-order chi connectivity index (χ1) is 7.20. The lowest BCUT2D eigenvalue weighted by molar-refractivity contribution is -0.275. The number of aromatic nitrogens is 1. The summed E-state index contributed by atoms with van der Waals surface area (Å²) >= 11 is 6.70. The summed E-state index contributed by atoms with van der Waals surface area (Å²) in [6.45, 7) is 1.37. The molecule has 0 saturated heterocycles. The molecule has 0 aliphatic rings. The molecule has 0 aromatic carbocycles. The van der Waals surface area contributed by atoms with Gasteiger partial charge in [0.2, 0.25) is 0 Å². The molecule has 16 heavy (non-hydrogen) atoms. The maximum absolute atomic E-state index is 12.0. The third-order valence-electron chi connectivity index (χ3n) is 1.54. The van der Waals surface area contributed by atoms with Crippen LogP contribution in [-0.4, -0.2) is 16.6 Å². The molecule has 0 saturated carbocycles. The smallest absolute Gasteiger partial charge is 0.403 e. The van der Waals surface area contributed by atoms with Crippen LogP contribution in [0, 0.1) is 10.6 Å². The molecule has 0 radical (unpaired) electrons. The van der Waals surface area contributed by atoms with Gasteiger partial charge in [-0.25, -0.2) is 4.98 Å². The molecule has 8 heteroatoms. The first-order valence-corrected chi connectivity index (χ1v) is 5.29. The van der Waals surface area contributed by atoms with Crippen molar-refractivity contribution in [3.05, 3.63) is 21.0 Å².